The van der Waals surface area contributed by atoms with Crippen LogP contribution in [0.15, 0.2) is 12.2 Å². The van der Waals surface area contributed by atoms with E-state index in [0.717, 1.165) is 0 Å². The van der Waals surface area contributed by atoms with Crippen LogP contribution in [0.5, 0.6) is 0 Å². The van der Waals surface area contributed by atoms with E-state index in [1.54, 1.807) is 6.08 Å². The molecule has 0 aromatic heterocycles. The molecule has 0 aromatic carbocycles. The van der Waals surface area contributed by atoms with Crippen LogP contribution in [0.2, 0.25) is 0 Å². The quantitative estimate of drug-likeness (QED) is 0.432. The molecule has 0 aromatic rings. The first-order chi connectivity index (χ1) is 5.66. The van der Waals surface area contributed by atoms with Crippen molar-refractivity contribution in [1.29, 1.82) is 0 Å². The summed E-state index contributed by atoms with van der Waals surface area (Å²) in [7, 11) is 1.34. The van der Waals surface area contributed by atoms with Gasteiger partial charge in [-0.1, -0.05) is 6.08 Å². The van der Waals surface area contributed by atoms with Crippen molar-refractivity contribution in [2.24, 2.45) is 5.73 Å². The van der Waals surface area contributed by atoms with Gasteiger partial charge >= 0.3 is 0 Å². The van der Waals surface area contributed by atoms with Gasteiger partial charge in [-0.15, -0.1) is 0 Å². The van der Waals surface area contributed by atoms with E-state index in [1.807, 2.05) is 0 Å². The largest absolute Gasteiger partial charge is 0.370 e. The number of nitrogens with one attached hydrogen (secondary N) is 1. The van der Waals surface area contributed by atoms with E-state index in [0.29, 0.717) is 6.42 Å². The van der Waals surface area contributed by atoms with Gasteiger partial charge < -0.3 is 5.73 Å². The van der Waals surface area contributed by atoms with Gasteiger partial charge in [-0.05, 0) is 6.42 Å². The van der Waals surface area contributed by atoms with Gasteiger partial charge in [0.05, 0.1) is 7.11 Å². The number of amides is 2. The lowest BCUT2D eigenvalue weighted by atomic mass is 10.3. The number of rotatable bonds is 5. The Labute approximate surface area is 70.5 Å². The molecule has 5 nitrogen and oxygen atoms in total. The Kier molecular flexibility index (Phi) is 5.64. The molecule has 0 unspecified atom stereocenters. The van der Waals surface area contributed by atoms with Crippen LogP contribution in [0.3, 0.4) is 0 Å². The Bertz CT molecular complexity index is 189. The maximum absolute atomic E-state index is 10.6. The van der Waals surface area contributed by atoms with Gasteiger partial charge in [0.25, 0.3) is 5.91 Å². The smallest absolute Gasteiger partial charge is 0.267 e. The second-order valence-electron chi connectivity index (χ2n) is 2.08. The van der Waals surface area contributed by atoms with Gasteiger partial charge in [0.15, 0.2) is 0 Å². The zero-order valence-electron chi connectivity index (χ0n) is 6.87. The number of allylic oxidation sites excluding steroid dienone is 1. The molecule has 5 heteroatoms. The van der Waals surface area contributed by atoms with Crippen LogP contribution < -0.4 is 11.2 Å². The van der Waals surface area contributed by atoms with Crippen LogP contribution in [0.25, 0.3) is 0 Å². The predicted octanol–water partition coefficient (Wildman–Crippen LogP) is -0.514. The molecule has 3 N–H and O–H groups in total. The molecular weight excluding hydrogens is 160 g/mol. The molecule has 12 heavy (non-hydrogen) atoms. The van der Waals surface area contributed by atoms with E-state index in [4.69, 9.17) is 5.73 Å². The molecule has 0 spiro atoms. The lowest BCUT2D eigenvalue weighted by molar-refractivity contribution is -0.126. The first-order valence-electron chi connectivity index (χ1n) is 3.44. The monoisotopic (exact) mass is 172 g/mol. The Balaban J connectivity index is 3.48. The van der Waals surface area contributed by atoms with Crippen molar-refractivity contribution in [2.45, 2.75) is 12.8 Å². The average Bonchev–Trinajstić information content (AvgIpc) is 1.98. The van der Waals surface area contributed by atoms with E-state index < -0.39 is 0 Å². The van der Waals surface area contributed by atoms with Gasteiger partial charge in [-0.25, -0.2) is 5.48 Å². The highest BCUT2D eigenvalue weighted by molar-refractivity contribution is 5.86. The van der Waals surface area contributed by atoms with Crippen molar-refractivity contribution in [3.8, 4) is 0 Å². The average molecular weight is 172 g/mol. The Morgan fingerprint density at radius 1 is 1.58 bits per heavy atom. The summed E-state index contributed by atoms with van der Waals surface area (Å²) in [6.07, 6.45) is 3.55. The summed E-state index contributed by atoms with van der Waals surface area (Å²) in [6.45, 7) is 0. The lowest BCUT2D eigenvalue weighted by Crippen LogP contribution is -2.18. The third kappa shape index (κ3) is 6.76. The predicted molar refractivity (Wildman–Crippen MR) is 42.7 cm³/mol. The zero-order chi connectivity index (χ0) is 9.40. The molecule has 0 radical (unpaired) electrons. The van der Waals surface area contributed by atoms with Crippen LogP contribution in [0, 0.1) is 0 Å². The SMILES string of the molecule is CONC(=O)C=CCCC(N)=O. The summed E-state index contributed by atoms with van der Waals surface area (Å²) in [5.74, 6) is -0.742. The minimum absolute atomic E-state index is 0.247. The second-order valence-corrected chi connectivity index (χ2v) is 2.08. The molecule has 0 aliphatic carbocycles. The molecule has 0 bridgehead atoms. The molecule has 0 aliphatic rings. The van der Waals surface area contributed by atoms with E-state index >= 15 is 0 Å². The van der Waals surface area contributed by atoms with Gasteiger partial charge in [0, 0.05) is 12.5 Å². The molecule has 2 amide bonds. The van der Waals surface area contributed by atoms with Gasteiger partial charge in [0.1, 0.15) is 0 Å². The van der Waals surface area contributed by atoms with Crippen molar-refractivity contribution in [3.05, 3.63) is 12.2 Å². The molecule has 0 fully saturated rings. The van der Waals surface area contributed by atoms with Gasteiger partial charge in [-0.3, -0.25) is 14.4 Å². The zero-order valence-corrected chi connectivity index (χ0v) is 6.87. The summed E-state index contributed by atoms with van der Waals surface area (Å²) in [4.78, 5) is 25.2. The van der Waals surface area contributed by atoms with Crippen LogP contribution in [0.4, 0.5) is 0 Å². The van der Waals surface area contributed by atoms with Crippen molar-refractivity contribution in [1.82, 2.24) is 5.48 Å². The summed E-state index contributed by atoms with van der Waals surface area (Å²) >= 11 is 0. The maximum Gasteiger partial charge on any atom is 0.267 e. The first kappa shape index (κ1) is 10.6. The number of nitrogens with two attached hydrogens (primary N) is 1. The first-order valence-corrected chi connectivity index (χ1v) is 3.44. The summed E-state index contributed by atoms with van der Waals surface area (Å²) in [5, 5.41) is 0. The third-order valence-electron chi connectivity index (χ3n) is 1.03. The maximum atomic E-state index is 10.6. The van der Waals surface area contributed by atoms with E-state index in [9.17, 15) is 9.59 Å². The number of hydrogen-bond acceptors (Lipinski definition) is 3. The van der Waals surface area contributed by atoms with Crippen molar-refractivity contribution in [3.63, 3.8) is 0 Å². The number of primary amides is 1. The van der Waals surface area contributed by atoms with Crippen molar-refractivity contribution in [2.75, 3.05) is 7.11 Å². The van der Waals surface area contributed by atoms with E-state index in [-0.39, 0.29) is 18.2 Å². The van der Waals surface area contributed by atoms with Gasteiger partial charge in [0.2, 0.25) is 5.91 Å². The molecule has 0 saturated heterocycles. The molecular formula is C7H12N2O3. The number of hydrogen-bond donors (Lipinski definition) is 2. The van der Waals surface area contributed by atoms with Crippen LogP contribution >= 0.6 is 0 Å². The number of hydroxylamine groups is 1. The molecule has 0 atom stereocenters. The minimum atomic E-state index is -0.383. The van der Waals surface area contributed by atoms with Gasteiger partial charge in [-0.2, -0.15) is 0 Å². The summed E-state index contributed by atoms with van der Waals surface area (Å²) < 4.78 is 0. The summed E-state index contributed by atoms with van der Waals surface area (Å²) in [5.41, 5.74) is 6.96. The molecule has 68 valence electrons. The molecule has 0 aliphatic heterocycles. The molecule has 0 saturated carbocycles. The van der Waals surface area contributed by atoms with E-state index in [1.165, 1.54) is 13.2 Å². The number of carbonyl (C=O) groups excluding carboxylic acids is 2. The van der Waals surface area contributed by atoms with Crippen LogP contribution in [-0.4, -0.2) is 18.9 Å². The van der Waals surface area contributed by atoms with Crippen LogP contribution in [-0.2, 0) is 14.4 Å². The topological polar surface area (TPSA) is 81.4 Å². The fourth-order valence-electron chi connectivity index (χ4n) is 0.551. The highest BCUT2D eigenvalue weighted by Crippen LogP contribution is 1.88. The fourth-order valence-corrected chi connectivity index (χ4v) is 0.551. The third-order valence-corrected chi connectivity index (χ3v) is 1.03. The van der Waals surface area contributed by atoms with Crippen molar-refractivity contribution < 1.29 is 14.4 Å². The fraction of sp³-hybridized carbons (Fsp3) is 0.429. The molecule has 0 rings (SSSR count). The normalized spacial score (nSPS) is 10.1. The minimum Gasteiger partial charge on any atom is -0.370 e. The van der Waals surface area contributed by atoms with Crippen molar-refractivity contribution >= 4 is 11.8 Å². The Morgan fingerprint density at radius 3 is 2.75 bits per heavy atom. The standard InChI is InChI=1S/C7H12N2O3/c1-12-9-7(11)5-3-2-4-6(8)10/h3,5H,2,4H2,1H3,(H2,8,10)(H,9,11). The summed E-state index contributed by atoms with van der Waals surface area (Å²) in [6, 6.07) is 0. The highest BCUT2D eigenvalue weighted by atomic mass is 16.6. The second kappa shape index (κ2) is 6.36. The Morgan fingerprint density at radius 2 is 2.25 bits per heavy atom. The van der Waals surface area contributed by atoms with Crippen LogP contribution in [0.1, 0.15) is 12.8 Å². The number of carbonyl (C=O) groups is 2. The Hall–Kier alpha value is -1.36. The highest BCUT2D eigenvalue weighted by Gasteiger charge is 1.92. The molecule has 0 heterocycles. The lowest BCUT2D eigenvalue weighted by Gasteiger charge is -1.94. The van der Waals surface area contributed by atoms with E-state index in [2.05, 4.69) is 10.3 Å².